The van der Waals surface area contributed by atoms with Crippen LogP contribution in [-0.2, 0) is 45.1 Å². The number of hydrogen-bond acceptors (Lipinski definition) is 7. The monoisotopic (exact) mass is 637 g/mol. The minimum Gasteiger partial charge on any atom is -0.467 e. The number of nitrogens with zero attached hydrogens (tertiary/aromatic N) is 1. The molecule has 9 nitrogen and oxygen atoms in total. The van der Waals surface area contributed by atoms with E-state index >= 15 is 0 Å². The number of likely N-dealkylation sites (N-methyl/N-ethyl adjacent to an activating group) is 1. The lowest BCUT2D eigenvalue weighted by atomic mass is 9.99. The number of urea groups is 1. The van der Waals surface area contributed by atoms with Gasteiger partial charge in [0.25, 0.3) is 0 Å². The van der Waals surface area contributed by atoms with E-state index in [9.17, 15) is 14.7 Å². The predicted octanol–water partition coefficient (Wildman–Crippen LogP) is 5.44. The van der Waals surface area contributed by atoms with E-state index in [1.807, 2.05) is 97.1 Å². The molecular weight excluding hydrogens is 594 g/mol. The second-order valence-corrected chi connectivity index (χ2v) is 11.9. The van der Waals surface area contributed by atoms with Gasteiger partial charge >= 0.3 is 12.0 Å². The van der Waals surface area contributed by atoms with E-state index in [4.69, 9.17) is 14.2 Å². The van der Waals surface area contributed by atoms with Crippen molar-refractivity contribution in [2.75, 3.05) is 20.7 Å². The Morgan fingerprint density at radius 3 is 2.09 bits per heavy atom. The van der Waals surface area contributed by atoms with Crippen molar-refractivity contribution < 1.29 is 28.9 Å². The third-order valence-corrected chi connectivity index (χ3v) is 8.20. The van der Waals surface area contributed by atoms with Crippen LogP contribution in [0.1, 0.15) is 52.2 Å². The minimum atomic E-state index is -0.808. The zero-order valence-electron chi connectivity index (χ0n) is 26.9. The summed E-state index contributed by atoms with van der Waals surface area (Å²) in [5, 5.41) is 15.1. The van der Waals surface area contributed by atoms with E-state index in [2.05, 4.69) is 34.7 Å². The van der Waals surface area contributed by atoms with Crippen LogP contribution in [0.25, 0.3) is 0 Å². The van der Waals surface area contributed by atoms with Crippen molar-refractivity contribution in [3.8, 4) is 0 Å². The van der Waals surface area contributed by atoms with E-state index in [-0.39, 0.29) is 25.4 Å². The summed E-state index contributed by atoms with van der Waals surface area (Å²) >= 11 is 0. The molecular formula is C38H43N3O6. The van der Waals surface area contributed by atoms with E-state index in [0.29, 0.717) is 12.8 Å². The van der Waals surface area contributed by atoms with Crippen molar-refractivity contribution in [2.24, 2.45) is 0 Å². The Bertz CT molecular complexity index is 1550. The quantitative estimate of drug-likeness (QED) is 0.168. The van der Waals surface area contributed by atoms with Crippen molar-refractivity contribution in [3.05, 3.63) is 143 Å². The average molecular weight is 638 g/mol. The highest BCUT2D eigenvalue weighted by Crippen LogP contribution is 2.38. The Kier molecular flexibility index (Phi) is 12.1. The first-order chi connectivity index (χ1) is 22.9. The van der Waals surface area contributed by atoms with Crippen molar-refractivity contribution in [1.29, 1.82) is 0 Å². The van der Waals surface area contributed by atoms with E-state index in [1.165, 1.54) is 12.7 Å². The molecule has 9 heteroatoms. The number of carbonyl (C=O) groups is 2. The molecule has 4 unspecified atom stereocenters. The van der Waals surface area contributed by atoms with Crippen molar-refractivity contribution in [1.82, 2.24) is 15.5 Å². The summed E-state index contributed by atoms with van der Waals surface area (Å²) in [7, 11) is 3.40. The van der Waals surface area contributed by atoms with Gasteiger partial charge in [-0.25, -0.2) is 9.59 Å². The fraction of sp³-hybridized carbons (Fsp3) is 0.316. The first kappa shape index (κ1) is 33.8. The van der Waals surface area contributed by atoms with Gasteiger partial charge in [-0.2, -0.15) is 0 Å². The summed E-state index contributed by atoms with van der Waals surface area (Å²) in [6, 6.07) is 34.2. The Hall–Kier alpha value is -4.54. The van der Waals surface area contributed by atoms with Gasteiger partial charge in [0.05, 0.1) is 25.9 Å². The molecule has 1 aliphatic heterocycles. The summed E-state index contributed by atoms with van der Waals surface area (Å²) in [5.41, 5.74) is 5.80. The molecule has 1 heterocycles. The number of benzene rings is 4. The molecule has 246 valence electrons. The topological polar surface area (TPSA) is 109 Å². The normalized spacial score (nSPS) is 18.3. The number of rotatable bonds is 13. The Morgan fingerprint density at radius 2 is 1.45 bits per heavy atom. The molecule has 1 saturated heterocycles. The predicted molar refractivity (Wildman–Crippen MR) is 179 cm³/mol. The molecule has 4 aromatic carbocycles. The van der Waals surface area contributed by atoms with E-state index in [1.54, 1.807) is 0 Å². The molecule has 3 N–H and O–H groups in total. The molecule has 4 aromatic rings. The van der Waals surface area contributed by atoms with Gasteiger partial charge in [0.1, 0.15) is 6.04 Å². The SMILES string of the molecule is COC(=O)C(Cc1ccccc1)NC(=O)NCc1ccc(C2OC(CN(C)Cc3ccccc3)CC(c3ccc(CO)cc3)O2)cc1. The Labute approximate surface area is 276 Å². The number of esters is 1. The van der Waals surface area contributed by atoms with Crippen LogP contribution < -0.4 is 10.6 Å². The van der Waals surface area contributed by atoms with Crippen molar-refractivity contribution >= 4 is 12.0 Å². The van der Waals surface area contributed by atoms with Gasteiger partial charge in [0, 0.05) is 38.0 Å². The third-order valence-electron chi connectivity index (χ3n) is 8.20. The largest absolute Gasteiger partial charge is 0.467 e. The van der Waals surface area contributed by atoms with Crippen LogP contribution in [0.2, 0.25) is 0 Å². The maximum Gasteiger partial charge on any atom is 0.328 e. The summed E-state index contributed by atoms with van der Waals surface area (Å²) in [6.07, 6.45) is 0.189. The Balaban J connectivity index is 1.21. The van der Waals surface area contributed by atoms with Gasteiger partial charge in [0.2, 0.25) is 0 Å². The number of nitrogens with one attached hydrogen (secondary N) is 2. The molecule has 1 fully saturated rings. The number of methoxy groups -OCH3 is 1. The number of aliphatic hydroxyl groups excluding tert-OH is 1. The number of carbonyl (C=O) groups excluding carboxylic acids is 2. The lowest BCUT2D eigenvalue weighted by Gasteiger charge is -2.38. The first-order valence-electron chi connectivity index (χ1n) is 15.9. The number of hydrogen-bond donors (Lipinski definition) is 3. The van der Waals surface area contributed by atoms with Crippen LogP contribution in [0, 0.1) is 0 Å². The second-order valence-electron chi connectivity index (χ2n) is 11.9. The summed E-state index contributed by atoms with van der Waals surface area (Å²) in [4.78, 5) is 27.3. The highest BCUT2D eigenvalue weighted by Gasteiger charge is 2.33. The number of aliphatic hydroxyl groups is 1. The maximum atomic E-state index is 12.7. The van der Waals surface area contributed by atoms with Crippen molar-refractivity contribution in [3.63, 3.8) is 0 Å². The van der Waals surface area contributed by atoms with Crippen LogP contribution in [0.15, 0.2) is 109 Å². The van der Waals surface area contributed by atoms with Crippen LogP contribution in [0.3, 0.4) is 0 Å². The van der Waals surface area contributed by atoms with Gasteiger partial charge in [-0.1, -0.05) is 109 Å². The Morgan fingerprint density at radius 1 is 0.830 bits per heavy atom. The average Bonchev–Trinajstić information content (AvgIpc) is 3.11. The third kappa shape index (κ3) is 9.97. The molecule has 0 aliphatic carbocycles. The molecule has 0 spiro atoms. The summed E-state index contributed by atoms with van der Waals surface area (Å²) in [5.74, 6) is -0.506. The van der Waals surface area contributed by atoms with Gasteiger partial charge in [-0.15, -0.1) is 0 Å². The van der Waals surface area contributed by atoms with Crippen LogP contribution in [-0.4, -0.2) is 54.9 Å². The number of ether oxygens (including phenoxy) is 3. The van der Waals surface area contributed by atoms with Crippen LogP contribution >= 0.6 is 0 Å². The highest BCUT2D eigenvalue weighted by atomic mass is 16.7. The summed E-state index contributed by atoms with van der Waals surface area (Å²) < 4.78 is 17.9. The highest BCUT2D eigenvalue weighted by molar-refractivity contribution is 5.83. The molecule has 4 atom stereocenters. The van der Waals surface area contributed by atoms with Gasteiger partial charge < -0.3 is 30.0 Å². The standard InChI is InChI=1S/C38H43N3O6/c1-41(24-29-11-7-4-8-12-29)25-33-22-35(31-17-15-30(26-42)16-18-31)47-37(46-33)32-19-13-28(14-20-32)23-39-38(44)40-34(36(43)45-2)21-27-9-5-3-6-10-27/h3-20,33-35,37,42H,21-26H2,1-2H3,(H2,39,40,44). The first-order valence-corrected chi connectivity index (χ1v) is 15.9. The molecule has 1 aliphatic rings. The molecule has 47 heavy (non-hydrogen) atoms. The zero-order chi connectivity index (χ0) is 33.0. The van der Waals surface area contributed by atoms with Gasteiger partial charge in [-0.3, -0.25) is 4.90 Å². The molecule has 2 amide bonds. The molecule has 0 bridgehead atoms. The van der Waals surface area contributed by atoms with E-state index < -0.39 is 24.3 Å². The van der Waals surface area contributed by atoms with Crippen LogP contribution in [0.4, 0.5) is 4.79 Å². The molecule has 0 saturated carbocycles. The second kappa shape index (κ2) is 16.9. The lowest BCUT2D eigenvalue weighted by molar-refractivity contribution is -0.252. The minimum absolute atomic E-state index is 0.00708. The molecule has 0 aromatic heterocycles. The van der Waals surface area contributed by atoms with Crippen molar-refractivity contribution in [2.45, 2.75) is 57.1 Å². The number of amides is 2. The smallest absolute Gasteiger partial charge is 0.328 e. The molecule has 5 rings (SSSR count). The molecule has 0 radical (unpaired) electrons. The van der Waals surface area contributed by atoms with Crippen LogP contribution in [0.5, 0.6) is 0 Å². The summed E-state index contributed by atoms with van der Waals surface area (Å²) in [6.45, 7) is 1.80. The van der Waals surface area contributed by atoms with Gasteiger partial charge in [-0.05, 0) is 34.9 Å². The maximum absolute atomic E-state index is 12.7. The fourth-order valence-corrected chi connectivity index (χ4v) is 5.71. The fourth-order valence-electron chi connectivity index (χ4n) is 5.71. The van der Waals surface area contributed by atoms with Gasteiger partial charge in [0.15, 0.2) is 6.29 Å². The zero-order valence-corrected chi connectivity index (χ0v) is 26.9. The lowest BCUT2D eigenvalue weighted by Crippen LogP contribution is -2.47. The van der Waals surface area contributed by atoms with E-state index in [0.717, 1.165) is 40.9 Å².